The first-order chi connectivity index (χ1) is 13.2. The molecule has 1 N–H and O–H groups in total. The highest BCUT2D eigenvalue weighted by atomic mass is 16.5. The van der Waals surface area contributed by atoms with Crippen molar-refractivity contribution in [1.29, 1.82) is 0 Å². The third-order valence-electron chi connectivity index (χ3n) is 4.98. The molecule has 138 valence electrons. The Balaban J connectivity index is 1.62. The maximum absolute atomic E-state index is 13.0. The third-order valence-corrected chi connectivity index (χ3v) is 4.98. The zero-order valence-electron chi connectivity index (χ0n) is 15.5. The Morgan fingerprint density at radius 2 is 2.15 bits per heavy atom. The normalized spacial score (nSPS) is 12.7. The molecule has 1 aliphatic carbocycles. The lowest BCUT2D eigenvalue weighted by atomic mass is 10.1. The fourth-order valence-corrected chi connectivity index (χ4v) is 3.50. The molecular formula is C21H22N4O2. The molecule has 0 spiro atoms. The second-order valence-electron chi connectivity index (χ2n) is 6.72. The van der Waals surface area contributed by atoms with Crippen LogP contribution in [0.2, 0.25) is 0 Å². The van der Waals surface area contributed by atoms with Crippen LogP contribution in [-0.2, 0) is 19.4 Å². The van der Waals surface area contributed by atoms with E-state index in [1.807, 2.05) is 48.0 Å². The number of aromatic nitrogens is 3. The Morgan fingerprint density at radius 3 is 2.93 bits per heavy atom. The van der Waals surface area contributed by atoms with Crippen molar-refractivity contribution in [1.82, 2.24) is 14.5 Å². The van der Waals surface area contributed by atoms with Crippen LogP contribution >= 0.6 is 0 Å². The van der Waals surface area contributed by atoms with Crippen LogP contribution in [0.15, 0.2) is 42.7 Å². The first kappa shape index (κ1) is 17.3. The predicted molar refractivity (Wildman–Crippen MR) is 103 cm³/mol. The zero-order valence-corrected chi connectivity index (χ0v) is 15.5. The molecule has 1 aromatic carbocycles. The Labute approximate surface area is 158 Å². The van der Waals surface area contributed by atoms with Gasteiger partial charge in [0.25, 0.3) is 5.91 Å². The fourth-order valence-electron chi connectivity index (χ4n) is 3.50. The van der Waals surface area contributed by atoms with Crippen molar-refractivity contribution < 1.29 is 9.53 Å². The minimum absolute atomic E-state index is 0.205. The Morgan fingerprint density at radius 1 is 1.30 bits per heavy atom. The lowest BCUT2D eigenvalue weighted by molar-refractivity contribution is 0.102. The predicted octanol–water partition coefficient (Wildman–Crippen LogP) is 3.38. The molecule has 3 aromatic rings. The van der Waals surface area contributed by atoms with E-state index < -0.39 is 0 Å². The van der Waals surface area contributed by atoms with Gasteiger partial charge in [-0.05, 0) is 49.4 Å². The first-order valence-corrected chi connectivity index (χ1v) is 9.09. The number of rotatable bonds is 5. The maximum atomic E-state index is 13.0. The van der Waals surface area contributed by atoms with E-state index in [-0.39, 0.29) is 5.91 Å². The van der Waals surface area contributed by atoms with Gasteiger partial charge in [-0.1, -0.05) is 18.2 Å². The van der Waals surface area contributed by atoms with Gasteiger partial charge in [-0.25, -0.2) is 9.97 Å². The van der Waals surface area contributed by atoms with E-state index in [4.69, 9.17) is 4.74 Å². The van der Waals surface area contributed by atoms with Gasteiger partial charge in [-0.15, -0.1) is 0 Å². The number of benzene rings is 1. The summed E-state index contributed by atoms with van der Waals surface area (Å²) in [5.41, 5.74) is 4.45. The van der Waals surface area contributed by atoms with Gasteiger partial charge in [0.05, 0.1) is 13.7 Å². The lowest BCUT2D eigenvalue weighted by Crippen LogP contribution is -2.16. The number of hydrogen-bond acceptors (Lipinski definition) is 4. The minimum Gasteiger partial charge on any atom is -0.480 e. The summed E-state index contributed by atoms with van der Waals surface area (Å²) in [6, 6.07) is 9.72. The highest BCUT2D eigenvalue weighted by Crippen LogP contribution is 2.27. The van der Waals surface area contributed by atoms with Crippen molar-refractivity contribution in [2.45, 2.75) is 32.7 Å². The van der Waals surface area contributed by atoms with Crippen LogP contribution in [0.4, 0.5) is 5.69 Å². The smallest absolute Gasteiger partial charge is 0.261 e. The molecule has 0 atom stereocenters. The molecular weight excluding hydrogens is 340 g/mol. The summed E-state index contributed by atoms with van der Waals surface area (Å²) >= 11 is 0. The molecule has 2 heterocycles. The van der Waals surface area contributed by atoms with Crippen LogP contribution in [0.3, 0.4) is 0 Å². The SMILES string of the molecule is COc1nc2c(cc1C(=O)Nc1ccccc1Cn1ccnc1C)CCC2. The number of para-hydroxylation sites is 1. The number of nitrogens with one attached hydrogen (secondary N) is 1. The summed E-state index contributed by atoms with van der Waals surface area (Å²) < 4.78 is 7.42. The van der Waals surface area contributed by atoms with Crippen LogP contribution in [0.5, 0.6) is 5.88 Å². The van der Waals surface area contributed by atoms with Gasteiger partial charge in [-0.3, -0.25) is 4.79 Å². The highest BCUT2D eigenvalue weighted by Gasteiger charge is 2.21. The number of carbonyl (C=O) groups is 1. The number of fused-ring (bicyclic) bond motifs is 1. The molecule has 0 aliphatic heterocycles. The van der Waals surface area contributed by atoms with Gasteiger partial charge in [0, 0.05) is 23.8 Å². The van der Waals surface area contributed by atoms with E-state index in [9.17, 15) is 4.79 Å². The number of nitrogens with zero attached hydrogens (tertiary/aromatic N) is 3. The van der Waals surface area contributed by atoms with Gasteiger partial charge in [0.2, 0.25) is 5.88 Å². The molecule has 2 aromatic heterocycles. The molecule has 0 saturated heterocycles. The van der Waals surface area contributed by atoms with Crippen molar-refractivity contribution in [3.8, 4) is 5.88 Å². The molecule has 4 rings (SSSR count). The monoisotopic (exact) mass is 362 g/mol. The maximum Gasteiger partial charge on any atom is 0.261 e. The number of anilines is 1. The van der Waals surface area contributed by atoms with Crippen molar-refractivity contribution in [2.75, 3.05) is 12.4 Å². The van der Waals surface area contributed by atoms with E-state index in [1.54, 1.807) is 13.3 Å². The number of methoxy groups -OCH3 is 1. The summed E-state index contributed by atoms with van der Waals surface area (Å²) in [6.45, 7) is 2.60. The number of pyridine rings is 1. The van der Waals surface area contributed by atoms with E-state index in [0.29, 0.717) is 18.0 Å². The standard InChI is InChI=1S/C21H22N4O2/c1-14-22-10-11-25(14)13-16-6-3-4-8-19(16)23-20(26)17-12-15-7-5-9-18(15)24-21(17)27-2/h3-4,6,8,10-12H,5,7,9,13H2,1-2H3,(H,23,26). The van der Waals surface area contributed by atoms with E-state index >= 15 is 0 Å². The summed E-state index contributed by atoms with van der Waals surface area (Å²) in [6.07, 6.45) is 6.69. The van der Waals surface area contributed by atoms with Crippen molar-refractivity contribution >= 4 is 11.6 Å². The van der Waals surface area contributed by atoms with Crippen molar-refractivity contribution in [3.63, 3.8) is 0 Å². The molecule has 27 heavy (non-hydrogen) atoms. The van der Waals surface area contributed by atoms with Crippen molar-refractivity contribution in [3.05, 3.63) is 70.9 Å². The average Bonchev–Trinajstić information content (AvgIpc) is 3.30. The van der Waals surface area contributed by atoms with Crippen LogP contribution in [0.1, 0.15) is 39.4 Å². The van der Waals surface area contributed by atoms with E-state index in [0.717, 1.165) is 47.6 Å². The second-order valence-corrected chi connectivity index (χ2v) is 6.72. The summed E-state index contributed by atoms with van der Waals surface area (Å²) in [5, 5.41) is 3.03. The van der Waals surface area contributed by atoms with Gasteiger partial charge in [0.15, 0.2) is 0 Å². The number of carbonyl (C=O) groups excluding carboxylic acids is 1. The molecule has 1 amide bonds. The fraction of sp³-hybridized carbons (Fsp3) is 0.286. The van der Waals surface area contributed by atoms with Crippen LogP contribution in [-0.4, -0.2) is 27.6 Å². The highest BCUT2D eigenvalue weighted by molar-refractivity contribution is 6.06. The molecule has 0 fully saturated rings. The number of hydrogen-bond donors (Lipinski definition) is 1. The number of imidazole rings is 1. The van der Waals surface area contributed by atoms with Crippen molar-refractivity contribution in [2.24, 2.45) is 0 Å². The Kier molecular flexibility index (Phi) is 4.62. The van der Waals surface area contributed by atoms with Gasteiger partial charge in [-0.2, -0.15) is 0 Å². The summed E-state index contributed by atoms with van der Waals surface area (Å²) in [5.74, 6) is 1.11. The van der Waals surface area contributed by atoms with Crippen LogP contribution in [0.25, 0.3) is 0 Å². The third kappa shape index (κ3) is 3.43. The molecule has 0 bridgehead atoms. The zero-order chi connectivity index (χ0) is 18.8. The van der Waals surface area contributed by atoms with E-state index in [1.165, 1.54) is 0 Å². The van der Waals surface area contributed by atoms with Crippen LogP contribution < -0.4 is 10.1 Å². The molecule has 1 aliphatic rings. The molecule has 0 radical (unpaired) electrons. The number of aryl methyl sites for hydroxylation is 3. The topological polar surface area (TPSA) is 69.0 Å². The quantitative estimate of drug-likeness (QED) is 0.755. The minimum atomic E-state index is -0.205. The van der Waals surface area contributed by atoms with E-state index in [2.05, 4.69) is 15.3 Å². The molecule has 6 heteroatoms. The average molecular weight is 362 g/mol. The van der Waals surface area contributed by atoms with Gasteiger partial charge in [0.1, 0.15) is 11.4 Å². The Hall–Kier alpha value is -3.15. The molecule has 0 unspecified atom stereocenters. The summed E-state index contributed by atoms with van der Waals surface area (Å²) in [7, 11) is 1.55. The number of amides is 1. The van der Waals surface area contributed by atoms with Gasteiger partial charge >= 0.3 is 0 Å². The second kappa shape index (κ2) is 7.23. The Bertz CT molecular complexity index is 994. The molecule has 0 saturated carbocycles. The van der Waals surface area contributed by atoms with Gasteiger partial charge < -0.3 is 14.6 Å². The lowest BCUT2D eigenvalue weighted by Gasteiger charge is -2.14. The largest absolute Gasteiger partial charge is 0.480 e. The van der Waals surface area contributed by atoms with Crippen LogP contribution in [0, 0.1) is 6.92 Å². The number of ether oxygens (including phenoxy) is 1. The molecule has 6 nitrogen and oxygen atoms in total. The first-order valence-electron chi connectivity index (χ1n) is 9.09. The summed E-state index contributed by atoms with van der Waals surface area (Å²) in [4.78, 5) is 21.8.